The van der Waals surface area contributed by atoms with Crippen LogP contribution in [0.3, 0.4) is 0 Å². The fraction of sp³-hybridized carbons (Fsp3) is 0.333. The van der Waals surface area contributed by atoms with Gasteiger partial charge in [0, 0.05) is 42.2 Å². The highest BCUT2D eigenvalue weighted by molar-refractivity contribution is 7.88. The summed E-state index contributed by atoms with van der Waals surface area (Å²) in [5.74, 6) is 6.50. The molecule has 2 saturated heterocycles. The molecule has 36 heavy (non-hydrogen) atoms. The van der Waals surface area contributed by atoms with Gasteiger partial charge >= 0.3 is 0 Å². The monoisotopic (exact) mass is 500 g/mol. The van der Waals surface area contributed by atoms with Crippen molar-refractivity contribution in [3.8, 4) is 11.8 Å². The van der Waals surface area contributed by atoms with Gasteiger partial charge < -0.3 is 5.11 Å². The Bertz CT molecular complexity index is 1320. The van der Waals surface area contributed by atoms with Gasteiger partial charge in [-0.3, -0.25) is 4.90 Å². The predicted molar refractivity (Wildman–Crippen MR) is 143 cm³/mol. The van der Waals surface area contributed by atoms with Crippen LogP contribution in [0.2, 0.25) is 0 Å². The van der Waals surface area contributed by atoms with E-state index in [1.54, 1.807) is 4.31 Å². The maximum Gasteiger partial charge on any atom is 0.218 e. The minimum absolute atomic E-state index is 0.00744. The molecule has 0 amide bonds. The first-order valence-corrected chi connectivity index (χ1v) is 14.2. The number of nitrogens with zero attached hydrogens (tertiary/aromatic N) is 2. The van der Waals surface area contributed by atoms with Crippen molar-refractivity contribution >= 4 is 10.0 Å². The van der Waals surface area contributed by atoms with Crippen LogP contribution in [0.4, 0.5) is 0 Å². The number of rotatable bonds is 5. The lowest BCUT2D eigenvalue weighted by molar-refractivity contribution is -0.0554. The molecule has 0 aromatic heterocycles. The van der Waals surface area contributed by atoms with E-state index in [1.165, 1.54) is 0 Å². The molecule has 3 atom stereocenters. The number of fused-ring (bicyclic) bond motifs is 1. The molecule has 2 aliphatic heterocycles. The zero-order valence-corrected chi connectivity index (χ0v) is 21.1. The molecule has 0 bridgehead atoms. The Morgan fingerprint density at radius 3 is 2.08 bits per heavy atom. The Hall–Kier alpha value is -2.95. The first-order chi connectivity index (χ1) is 17.5. The highest BCUT2D eigenvalue weighted by Crippen LogP contribution is 2.42. The van der Waals surface area contributed by atoms with Crippen molar-refractivity contribution in [2.24, 2.45) is 0 Å². The molecular formula is C30H32N2O3S. The summed E-state index contributed by atoms with van der Waals surface area (Å²) in [7, 11) is -3.44. The van der Waals surface area contributed by atoms with Crippen LogP contribution >= 0.6 is 0 Å². The molecule has 0 aliphatic carbocycles. The van der Waals surface area contributed by atoms with Gasteiger partial charge in [0.25, 0.3) is 0 Å². The van der Waals surface area contributed by atoms with Crippen LogP contribution in [0.5, 0.6) is 0 Å². The number of aliphatic hydroxyl groups is 1. The Balaban J connectivity index is 1.35. The van der Waals surface area contributed by atoms with Crippen LogP contribution in [0, 0.1) is 11.8 Å². The van der Waals surface area contributed by atoms with Gasteiger partial charge in [-0.2, -0.15) is 0 Å². The Kier molecular flexibility index (Phi) is 7.54. The molecule has 0 saturated carbocycles. The van der Waals surface area contributed by atoms with E-state index < -0.39 is 10.0 Å². The molecule has 1 N–H and O–H groups in total. The van der Waals surface area contributed by atoms with E-state index >= 15 is 0 Å². The van der Waals surface area contributed by atoms with Crippen LogP contribution in [0.15, 0.2) is 84.9 Å². The fourth-order valence-corrected chi connectivity index (χ4v) is 7.08. The van der Waals surface area contributed by atoms with E-state index in [0.717, 1.165) is 41.6 Å². The second kappa shape index (κ2) is 11.0. The van der Waals surface area contributed by atoms with Gasteiger partial charge in [-0.05, 0) is 54.8 Å². The molecule has 5 nitrogen and oxygen atoms in total. The van der Waals surface area contributed by atoms with Gasteiger partial charge in [0.2, 0.25) is 10.0 Å². The van der Waals surface area contributed by atoms with Crippen molar-refractivity contribution in [2.45, 2.75) is 36.6 Å². The van der Waals surface area contributed by atoms with Gasteiger partial charge in [0.1, 0.15) is 0 Å². The summed E-state index contributed by atoms with van der Waals surface area (Å²) in [6, 6.07) is 27.6. The third-order valence-electron chi connectivity index (χ3n) is 7.34. The Labute approximate surface area is 214 Å². The van der Waals surface area contributed by atoms with E-state index in [2.05, 4.69) is 28.9 Å². The van der Waals surface area contributed by atoms with E-state index in [0.29, 0.717) is 13.1 Å². The molecule has 0 radical (unpaired) electrons. The third kappa shape index (κ3) is 5.40. The Morgan fingerprint density at radius 2 is 1.42 bits per heavy atom. The molecule has 2 fully saturated rings. The maximum atomic E-state index is 13.4. The standard InChI is InChI=1S/C30H32N2O3S/c33-22-29-30(27-17-15-25(16-18-27)14-13-24-9-3-1-4-10-24)28-21-31(19-7-8-20-32(28)29)36(34,35)23-26-11-5-2-6-12-26/h1-6,9-12,15-18,28-30,33H,7-8,19-23H2/t28-,29+,30-/m1/s1. The Morgan fingerprint density at radius 1 is 0.806 bits per heavy atom. The second-order valence-electron chi connectivity index (χ2n) is 9.63. The number of benzene rings is 3. The number of aliphatic hydroxyl groups excluding tert-OH is 1. The maximum absolute atomic E-state index is 13.4. The topological polar surface area (TPSA) is 60.9 Å². The van der Waals surface area contributed by atoms with E-state index in [-0.39, 0.29) is 30.4 Å². The molecule has 6 heteroatoms. The minimum atomic E-state index is -3.44. The van der Waals surface area contributed by atoms with Crippen molar-refractivity contribution in [1.29, 1.82) is 0 Å². The molecule has 0 unspecified atom stereocenters. The molecule has 186 valence electrons. The zero-order chi connectivity index (χ0) is 25.0. The molecule has 2 heterocycles. The highest BCUT2D eigenvalue weighted by atomic mass is 32.2. The lowest BCUT2D eigenvalue weighted by atomic mass is 9.74. The van der Waals surface area contributed by atoms with Crippen molar-refractivity contribution in [3.05, 3.63) is 107 Å². The largest absolute Gasteiger partial charge is 0.395 e. The highest BCUT2D eigenvalue weighted by Gasteiger charge is 2.50. The van der Waals surface area contributed by atoms with Crippen LogP contribution in [0.1, 0.15) is 41.0 Å². The van der Waals surface area contributed by atoms with Gasteiger partial charge in [-0.1, -0.05) is 72.5 Å². The SMILES string of the molecule is O=S(=O)(Cc1ccccc1)N1CCCCN2[C@H](C1)[C@@H](c1ccc(C#Cc3ccccc3)cc1)[C@@H]2CO. The van der Waals surface area contributed by atoms with Crippen molar-refractivity contribution < 1.29 is 13.5 Å². The predicted octanol–water partition coefficient (Wildman–Crippen LogP) is 3.84. The quantitative estimate of drug-likeness (QED) is 0.541. The van der Waals surface area contributed by atoms with Crippen molar-refractivity contribution in [3.63, 3.8) is 0 Å². The fourth-order valence-electron chi connectivity index (χ4n) is 5.49. The first kappa shape index (κ1) is 24.7. The second-order valence-corrected chi connectivity index (χ2v) is 11.6. The molecule has 2 aliphatic rings. The molecular weight excluding hydrogens is 468 g/mol. The smallest absolute Gasteiger partial charge is 0.218 e. The average molecular weight is 501 g/mol. The summed E-state index contributed by atoms with van der Waals surface area (Å²) < 4.78 is 28.4. The lowest BCUT2D eigenvalue weighted by Crippen LogP contribution is -2.67. The van der Waals surface area contributed by atoms with Crippen LogP contribution in [0.25, 0.3) is 0 Å². The molecule has 5 rings (SSSR count). The van der Waals surface area contributed by atoms with Crippen molar-refractivity contribution in [1.82, 2.24) is 9.21 Å². The summed E-state index contributed by atoms with van der Waals surface area (Å²) in [5.41, 5.74) is 3.84. The molecule has 3 aromatic rings. The normalized spacial score (nSPS) is 22.9. The summed E-state index contributed by atoms with van der Waals surface area (Å²) in [4.78, 5) is 2.30. The zero-order valence-electron chi connectivity index (χ0n) is 20.3. The van der Waals surface area contributed by atoms with E-state index in [1.807, 2.05) is 72.8 Å². The summed E-state index contributed by atoms with van der Waals surface area (Å²) in [6.45, 7) is 1.95. The van der Waals surface area contributed by atoms with Gasteiger partial charge in [-0.15, -0.1) is 0 Å². The number of hydrogen-bond donors (Lipinski definition) is 1. The lowest BCUT2D eigenvalue weighted by Gasteiger charge is -2.57. The third-order valence-corrected chi connectivity index (χ3v) is 9.16. The number of hydrogen-bond acceptors (Lipinski definition) is 4. The van der Waals surface area contributed by atoms with Gasteiger partial charge in [0.05, 0.1) is 12.4 Å². The van der Waals surface area contributed by atoms with Crippen LogP contribution in [-0.4, -0.2) is 61.1 Å². The summed E-state index contributed by atoms with van der Waals surface area (Å²) >= 11 is 0. The average Bonchev–Trinajstić information content (AvgIpc) is 2.88. The first-order valence-electron chi connectivity index (χ1n) is 12.6. The van der Waals surface area contributed by atoms with Gasteiger partial charge in [0.15, 0.2) is 0 Å². The summed E-state index contributed by atoms with van der Waals surface area (Å²) in [6.07, 6.45) is 1.75. The molecule has 3 aromatic carbocycles. The summed E-state index contributed by atoms with van der Waals surface area (Å²) in [5, 5.41) is 10.2. The van der Waals surface area contributed by atoms with E-state index in [4.69, 9.17) is 0 Å². The van der Waals surface area contributed by atoms with Gasteiger partial charge in [-0.25, -0.2) is 12.7 Å². The molecule has 0 spiro atoms. The van der Waals surface area contributed by atoms with Crippen LogP contribution in [-0.2, 0) is 15.8 Å². The minimum Gasteiger partial charge on any atom is -0.395 e. The number of sulfonamides is 1. The van der Waals surface area contributed by atoms with Crippen LogP contribution < -0.4 is 0 Å². The van der Waals surface area contributed by atoms with E-state index in [9.17, 15) is 13.5 Å². The van der Waals surface area contributed by atoms with Crippen molar-refractivity contribution in [2.75, 3.05) is 26.2 Å².